The van der Waals surface area contributed by atoms with Crippen LogP contribution in [0.25, 0.3) is 10.7 Å². The van der Waals surface area contributed by atoms with Crippen LogP contribution >= 0.6 is 38.9 Å². The average Bonchev–Trinajstić information content (AvgIpc) is 2.70. The summed E-state index contributed by atoms with van der Waals surface area (Å²) >= 11 is 11.0. The summed E-state index contributed by atoms with van der Waals surface area (Å²) in [6, 6.07) is 4.17. The van der Waals surface area contributed by atoms with Gasteiger partial charge in [-0.25, -0.2) is 9.97 Å². The third-order valence-electron chi connectivity index (χ3n) is 2.27. The van der Waals surface area contributed by atoms with E-state index in [1.807, 2.05) is 6.07 Å². The lowest BCUT2D eigenvalue weighted by Gasteiger charge is -2.15. The molecule has 0 fully saturated rings. The van der Waals surface area contributed by atoms with Crippen LogP contribution < -0.4 is 0 Å². The summed E-state index contributed by atoms with van der Waals surface area (Å²) in [6.45, 7) is 6.58. The first kappa shape index (κ1) is 13.0. The fraction of sp³-hybridized carbons (Fsp3) is 0.333. The second kappa shape index (κ2) is 4.67. The van der Waals surface area contributed by atoms with Crippen molar-refractivity contribution < 1.29 is 0 Å². The van der Waals surface area contributed by atoms with Crippen LogP contribution in [0.2, 0.25) is 5.15 Å². The maximum absolute atomic E-state index is 5.97. The van der Waals surface area contributed by atoms with Gasteiger partial charge in [-0.05, 0) is 33.5 Å². The Morgan fingerprint density at radius 2 is 2.00 bits per heavy atom. The zero-order valence-electron chi connectivity index (χ0n) is 9.79. The summed E-state index contributed by atoms with van der Waals surface area (Å²) in [5, 5.41) is 0.445. The van der Waals surface area contributed by atoms with Crippen molar-refractivity contribution in [3.8, 4) is 10.7 Å². The first-order chi connectivity index (χ1) is 7.88. The van der Waals surface area contributed by atoms with Gasteiger partial charge in [-0.1, -0.05) is 32.4 Å². The van der Waals surface area contributed by atoms with E-state index in [1.165, 1.54) is 4.88 Å². The Morgan fingerprint density at radius 3 is 2.53 bits per heavy atom. The van der Waals surface area contributed by atoms with Crippen molar-refractivity contribution >= 4 is 38.9 Å². The van der Waals surface area contributed by atoms with Gasteiger partial charge in [0.05, 0.1) is 9.35 Å². The molecule has 0 saturated heterocycles. The van der Waals surface area contributed by atoms with Crippen LogP contribution in [-0.2, 0) is 5.41 Å². The highest BCUT2D eigenvalue weighted by Crippen LogP contribution is 2.34. The molecule has 0 unspecified atom stereocenters. The maximum atomic E-state index is 5.97. The van der Waals surface area contributed by atoms with Crippen molar-refractivity contribution in [2.24, 2.45) is 0 Å². The molecule has 0 aliphatic heterocycles. The van der Waals surface area contributed by atoms with E-state index < -0.39 is 0 Å². The number of hydrogen-bond acceptors (Lipinski definition) is 3. The molecule has 0 amide bonds. The lowest BCUT2D eigenvalue weighted by atomic mass is 9.95. The molecule has 2 aromatic heterocycles. The Labute approximate surface area is 118 Å². The van der Waals surface area contributed by atoms with Crippen LogP contribution in [0.15, 0.2) is 22.8 Å². The summed E-state index contributed by atoms with van der Waals surface area (Å²) in [6.07, 6.45) is 1.68. The predicted octanol–water partition coefficient (Wildman–Crippen LogP) is 4.92. The van der Waals surface area contributed by atoms with Gasteiger partial charge in [0.25, 0.3) is 0 Å². The predicted molar refractivity (Wildman–Crippen MR) is 76.8 cm³/mol. The van der Waals surface area contributed by atoms with Gasteiger partial charge in [0.1, 0.15) is 5.15 Å². The Balaban J connectivity index is 2.40. The minimum atomic E-state index is 0.155. The molecule has 2 nitrogen and oxygen atoms in total. The second-order valence-corrected chi connectivity index (χ2v) is 7.04. The van der Waals surface area contributed by atoms with Crippen molar-refractivity contribution in [1.29, 1.82) is 0 Å². The number of thiophene rings is 1. The van der Waals surface area contributed by atoms with Crippen LogP contribution in [-0.4, -0.2) is 9.97 Å². The SMILES string of the molecule is CC(C)(C)c1ccc(-c2ncc(Br)c(Cl)n2)s1. The van der Waals surface area contributed by atoms with Gasteiger partial charge in [-0.2, -0.15) is 0 Å². The van der Waals surface area contributed by atoms with Crippen molar-refractivity contribution in [2.45, 2.75) is 26.2 Å². The largest absolute Gasteiger partial charge is 0.235 e. The Bertz CT molecular complexity index is 546. The molecule has 0 N–H and O–H groups in total. The Kier molecular flexibility index (Phi) is 3.57. The fourth-order valence-electron chi connectivity index (χ4n) is 1.33. The van der Waals surface area contributed by atoms with Gasteiger partial charge in [0.2, 0.25) is 0 Å². The highest BCUT2D eigenvalue weighted by molar-refractivity contribution is 9.10. The van der Waals surface area contributed by atoms with Gasteiger partial charge in [-0.15, -0.1) is 11.3 Å². The molecule has 2 rings (SSSR count). The summed E-state index contributed by atoms with van der Waals surface area (Å²) in [7, 11) is 0. The first-order valence-corrected chi connectivity index (χ1v) is 7.15. The zero-order valence-corrected chi connectivity index (χ0v) is 12.9. The second-order valence-electron chi connectivity index (χ2n) is 4.75. The molecule has 2 aromatic rings. The van der Waals surface area contributed by atoms with Crippen LogP contribution in [0.5, 0.6) is 0 Å². The summed E-state index contributed by atoms with van der Waals surface area (Å²) in [4.78, 5) is 10.9. The molecule has 2 heterocycles. The molecule has 0 aliphatic carbocycles. The standard InChI is InChI=1S/C12H12BrClN2S/c1-12(2,3)9-5-4-8(17-9)11-15-6-7(13)10(14)16-11/h4-6H,1-3H3. The summed E-state index contributed by atoms with van der Waals surface area (Å²) < 4.78 is 0.718. The molecule has 0 aliphatic rings. The Morgan fingerprint density at radius 1 is 1.29 bits per heavy atom. The smallest absolute Gasteiger partial charge is 0.171 e. The van der Waals surface area contributed by atoms with E-state index in [1.54, 1.807) is 17.5 Å². The van der Waals surface area contributed by atoms with Crippen LogP contribution in [0.3, 0.4) is 0 Å². The van der Waals surface area contributed by atoms with Crippen molar-refractivity contribution in [3.63, 3.8) is 0 Å². The summed E-state index contributed by atoms with van der Waals surface area (Å²) in [5.41, 5.74) is 0.155. The molecular formula is C12H12BrClN2S. The zero-order chi connectivity index (χ0) is 12.6. The molecule has 0 spiro atoms. The molecule has 0 aromatic carbocycles. The molecule has 0 bridgehead atoms. The quantitative estimate of drug-likeness (QED) is 0.693. The minimum absolute atomic E-state index is 0.155. The van der Waals surface area contributed by atoms with Gasteiger partial charge in [-0.3, -0.25) is 0 Å². The van der Waals surface area contributed by atoms with E-state index >= 15 is 0 Å². The van der Waals surface area contributed by atoms with Crippen LogP contribution in [0.1, 0.15) is 25.6 Å². The van der Waals surface area contributed by atoms with Crippen molar-refractivity contribution in [1.82, 2.24) is 9.97 Å². The van der Waals surface area contributed by atoms with Crippen molar-refractivity contribution in [3.05, 3.63) is 32.8 Å². The molecule has 0 radical (unpaired) electrons. The molecule has 0 atom stereocenters. The van der Waals surface area contributed by atoms with Crippen molar-refractivity contribution in [2.75, 3.05) is 0 Å². The van der Waals surface area contributed by atoms with Crippen LogP contribution in [0.4, 0.5) is 0 Å². The highest BCUT2D eigenvalue weighted by Gasteiger charge is 2.17. The monoisotopic (exact) mass is 330 g/mol. The van der Waals surface area contributed by atoms with E-state index in [4.69, 9.17) is 11.6 Å². The van der Waals surface area contributed by atoms with E-state index in [-0.39, 0.29) is 5.41 Å². The number of rotatable bonds is 1. The molecule has 0 saturated carbocycles. The van der Waals surface area contributed by atoms with Gasteiger partial charge < -0.3 is 0 Å². The lowest BCUT2D eigenvalue weighted by molar-refractivity contribution is 0.604. The van der Waals surface area contributed by atoms with Gasteiger partial charge in [0.15, 0.2) is 5.82 Å². The fourth-order valence-corrected chi connectivity index (χ4v) is 2.65. The molecule has 17 heavy (non-hydrogen) atoms. The number of nitrogens with zero attached hydrogens (tertiary/aromatic N) is 2. The van der Waals surface area contributed by atoms with E-state index in [2.05, 4.69) is 52.7 Å². The molecular weight excluding hydrogens is 320 g/mol. The maximum Gasteiger partial charge on any atom is 0.171 e. The number of halogens is 2. The van der Waals surface area contributed by atoms with E-state index in [0.717, 1.165) is 9.35 Å². The summed E-state index contributed by atoms with van der Waals surface area (Å²) in [5.74, 6) is 0.679. The van der Waals surface area contributed by atoms with E-state index in [0.29, 0.717) is 11.0 Å². The van der Waals surface area contributed by atoms with Gasteiger partial charge in [0, 0.05) is 11.1 Å². The van der Waals surface area contributed by atoms with Crippen LogP contribution in [0, 0.1) is 0 Å². The number of hydrogen-bond donors (Lipinski definition) is 0. The third kappa shape index (κ3) is 2.87. The lowest BCUT2D eigenvalue weighted by Crippen LogP contribution is -2.07. The highest BCUT2D eigenvalue weighted by atomic mass is 79.9. The average molecular weight is 332 g/mol. The van der Waals surface area contributed by atoms with Gasteiger partial charge >= 0.3 is 0 Å². The third-order valence-corrected chi connectivity index (χ3v) is 4.87. The molecule has 5 heteroatoms. The molecule has 90 valence electrons. The first-order valence-electron chi connectivity index (χ1n) is 5.16. The Hall–Kier alpha value is -0.450. The normalized spacial score (nSPS) is 11.8. The minimum Gasteiger partial charge on any atom is -0.235 e. The number of aromatic nitrogens is 2. The topological polar surface area (TPSA) is 25.8 Å². The van der Waals surface area contributed by atoms with E-state index in [9.17, 15) is 0 Å².